The molecule has 92 valence electrons. The van der Waals surface area contributed by atoms with Crippen molar-refractivity contribution >= 4 is 22.2 Å². The molecule has 6 nitrogen and oxygen atoms in total. The van der Waals surface area contributed by atoms with Gasteiger partial charge in [-0.15, -0.1) is 10.2 Å². The van der Waals surface area contributed by atoms with Gasteiger partial charge in [0.25, 0.3) is 0 Å². The highest BCUT2D eigenvalue weighted by molar-refractivity contribution is 7.16. The van der Waals surface area contributed by atoms with Crippen molar-refractivity contribution in [1.29, 1.82) is 0 Å². The number of rotatable bonds is 3. The van der Waals surface area contributed by atoms with Crippen molar-refractivity contribution in [2.75, 3.05) is 0 Å². The summed E-state index contributed by atoms with van der Waals surface area (Å²) < 4.78 is 1.63. The monoisotopic (exact) mass is 253 g/mol. The van der Waals surface area contributed by atoms with Crippen molar-refractivity contribution in [2.24, 2.45) is 0 Å². The number of nitrogens with zero attached hydrogens (tertiary/aromatic N) is 4. The lowest BCUT2D eigenvalue weighted by atomic mass is 10.1. The van der Waals surface area contributed by atoms with Crippen LogP contribution in [0.2, 0.25) is 0 Å². The number of aromatic nitrogens is 4. The van der Waals surface area contributed by atoms with Crippen molar-refractivity contribution < 1.29 is 4.79 Å². The summed E-state index contributed by atoms with van der Waals surface area (Å²) in [6.07, 6.45) is 2.64. The maximum Gasteiger partial charge on any atom is 0.234 e. The molecule has 0 radical (unpaired) electrons. The van der Waals surface area contributed by atoms with E-state index < -0.39 is 0 Å². The molecule has 0 aliphatic carbocycles. The van der Waals surface area contributed by atoms with Gasteiger partial charge in [-0.1, -0.05) is 11.3 Å². The molecule has 0 saturated carbocycles. The minimum Gasteiger partial charge on any atom is -0.351 e. The molecule has 0 spiro atoms. The van der Waals surface area contributed by atoms with Gasteiger partial charge in [0.2, 0.25) is 10.9 Å². The Balaban J connectivity index is 1.90. The number of hydrogen-bond donors (Lipinski definition) is 1. The van der Waals surface area contributed by atoms with Crippen LogP contribution in [0.5, 0.6) is 0 Å². The summed E-state index contributed by atoms with van der Waals surface area (Å²) in [5.74, 6) is 0.0449. The maximum atomic E-state index is 11.6. The van der Waals surface area contributed by atoms with Gasteiger partial charge in [-0.25, -0.2) is 0 Å². The maximum absolute atomic E-state index is 11.6. The Morgan fingerprint density at radius 3 is 2.94 bits per heavy atom. The van der Waals surface area contributed by atoms with Crippen LogP contribution in [-0.4, -0.2) is 31.3 Å². The molecule has 1 amide bonds. The molecule has 0 saturated heterocycles. The second-order valence-electron chi connectivity index (χ2n) is 4.85. The van der Waals surface area contributed by atoms with Gasteiger partial charge in [0.05, 0.1) is 0 Å². The van der Waals surface area contributed by atoms with Gasteiger partial charge in [0.15, 0.2) is 0 Å². The van der Waals surface area contributed by atoms with Gasteiger partial charge in [-0.3, -0.25) is 4.79 Å². The molecule has 1 N–H and O–H groups in total. The first kappa shape index (κ1) is 12.0. The number of carbonyl (C=O) groups excluding carboxylic acids is 1. The Kier molecular flexibility index (Phi) is 3.10. The highest BCUT2D eigenvalue weighted by Gasteiger charge is 2.14. The number of aryl methyl sites for hydroxylation is 1. The van der Waals surface area contributed by atoms with E-state index in [1.54, 1.807) is 10.8 Å². The van der Waals surface area contributed by atoms with Gasteiger partial charge >= 0.3 is 0 Å². The quantitative estimate of drug-likeness (QED) is 0.887. The van der Waals surface area contributed by atoms with Gasteiger partial charge < -0.3 is 5.32 Å². The van der Waals surface area contributed by atoms with Gasteiger partial charge in [0.1, 0.15) is 11.3 Å². The highest BCUT2D eigenvalue weighted by Crippen LogP contribution is 2.13. The van der Waals surface area contributed by atoms with Crippen LogP contribution in [0.25, 0.3) is 4.96 Å². The molecule has 0 aliphatic heterocycles. The number of nitrogens with one attached hydrogen (secondary N) is 1. The first-order valence-corrected chi connectivity index (χ1v) is 6.22. The van der Waals surface area contributed by atoms with Crippen molar-refractivity contribution in [1.82, 2.24) is 25.1 Å². The smallest absolute Gasteiger partial charge is 0.234 e. The predicted octanol–water partition coefficient (Wildman–Crippen LogP) is 1.03. The molecule has 7 heteroatoms. The lowest BCUT2D eigenvalue weighted by Gasteiger charge is -2.20. The summed E-state index contributed by atoms with van der Waals surface area (Å²) in [6.45, 7) is 5.90. The second-order valence-corrected chi connectivity index (χ2v) is 5.89. The summed E-state index contributed by atoms with van der Waals surface area (Å²) in [4.78, 5) is 12.4. The lowest BCUT2D eigenvalue weighted by Crippen LogP contribution is -2.40. The zero-order chi connectivity index (χ0) is 12.5. The van der Waals surface area contributed by atoms with E-state index in [0.717, 1.165) is 9.97 Å². The van der Waals surface area contributed by atoms with Crippen LogP contribution in [-0.2, 0) is 11.2 Å². The largest absolute Gasteiger partial charge is 0.351 e. The van der Waals surface area contributed by atoms with Crippen LogP contribution in [0.15, 0.2) is 6.33 Å². The molecular formula is C10H15N5OS. The van der Waals surface area contributed by atoms with E-state index in [0.29, 0.717) is 12.8 Å². The van der Waals surface area contributed by atoms with Gasteiger partial charge in [0, 0.05) is 18.4 Å². The second kappa shape index (κ2) is 4.40. The van der Waals surface area contributed by atoms with Crippen molar-refractivity contribution in [3.8, 4) is 0 Å². The zero-order valence-corrected chi connectivity index (χ0v) is 10.9. The van der Waals surface area contributed by atoms with E-state index >= 15 is 0 Å². The van der Waals surface area contributed by atoms with E-state index in [1.807, 2.05) is 20.8 Å². The summed E-state index contributed by atoms with van der Waals surface area (Å²) in [6, 6.07) is 0. The third kappa shape index (κ3) is 3.23. The first-order valence-electron chi connectivity index (χ1n) is 5.41. The third-order valence-electron chi connectivity index (χ3n) is 2.01. The minimum absolute atomic E-state index is 0.0449. The average molecular weight is 253 g/mol. The molecule has 17 heavy (non-hydrogen) atoms. The summed E-state index contributed by atoms with van der Waals surface area (Å²) in [5.41, 5.74) is -0.182. The SMILES string of the molecule is CC(C)(C)NC(=O)CCc1nn2cnnc2s1. The molecule has 2 rings (SSSR count). The fourth-order valence-corrected chi connectivity index (χ4v) is 2.22. The molecule has 0 bridgehead atoms. The normalized spacial score (nSPS) is 11.9. The minimum atomic E-state index is -0.182. The Morgan fingerprint density at radius 1 is 1.53 bits per heavy atom. The molecule has 2 aromatic heterocycles. The van der Waals surface area contributed by atoms with E-state index in [2.05, 4.69) is 20.6 Å². The number of fused-ring (bicyclic) bond motifs is 1. The van der Waals surface area contributed by atoms with E-state index in [1.165, 1.54) is 11.3 Å². The molecule has 2 aromatic rings. The van der Waals surface area contributed by atoms with Crippen molar-refractivity contribution in [2.45, 2.75) is 39.2 Å². The highest BCUT2D eigenvalue weighted by atomic mass is 32.1. The third-order valence-corrected chi connectivity index (χ3v) is 2.98. The fourth-order valence-electron chi connectivity index (χ4n) is 1.40. The number of hydrogen-bond acceptors (Lipinski definition) is 5. The molecule has 0 aromatic carbocycles. The van der Waals surface area contributed by atoms with E-state index in [4.69, 9.17) is 0 Å². The topological polar surface area (TPSA) is 72.2 Å². The Bertz CT molecular complexity index is 496. The van der Waals surface area contributed by atoms with E-state index in [9.17, 15) is 4.79 Å². The van der Waals surface area contributed by atoms with Crippen LogP contribution < -0.4 is 5.32 Å². The molecule has 0 fully saturated rings. The molecule has 0 atom stereocenters. The number of amides is 1. The molecular weight excluding hydrogens is 238 g/mol. The predicted molar refractivity (Wildman–Crippen MR) is 64.9 cm³/mol. The Labute approximate surface area is 103 Å². The van der Waals surface area contributed by atoms with Crippen molar-refractivity contribution in [3.05, 3.63) is 11.3 Å². The van der Waals surface area contributed by atoms with Gasteiger partial charge in [-0.2, -0.15) is 9.61 Å². The van der Waals surface area contributed by atoms with Crippen LogP contribution in [0, 0.1) is 0 Å². The fraction of sp³-hybridized carbons (Fsp3) is 0.600. The van der Waals surface area contributed by atoms with Crippen LogP contribution in [0.4, 0.5) is 0 Å². The molecule has 0 unspecified atom stereocenters. The standard InChI is InChI=1S/C10H15N5OS/c1-10(2,3)12-7(16)4-5-8-14-15-6-11-13-9(15)17-8/h6H,4-5H2,1-3H3,(H,12,16). The Hall–Kier alpha value is -1.50. The summed E-state index contributed by atoms with van der Waals surface area (Å²) in [5, 5.41) is 15.7. The zero-order valence-electron chi connectivity index (χ0n) is 10.1. The average Bonchev–Trinajstić information content (AvgIpc) is 2.70. The van der Waals surface area contributed by atoms with Crippen LogP contribution in [0.3, 0.4) is 0 Å². The van der Waals surface area contributed by atoms with E-state index in [-0.39, 0.29) is 11.4 Å². The summed E-state index contributed by atoms with van der Waals surface area (Å²) in [7, 11) is 0. The Morgan fingerprint density at radius 2 is 2.29 bits per heavy atom. The molecule has 0 aliphatic rings. The molecule has 2 heterocycles. The van der Waals surface area contributed by atoms with Gasteiger partial charge in [-0.05, 0) is 20.8 Å². The summed E-state index contributed by atoms with van der Waals surface area (Å²) >= 11 is 1.46. The van der Waals surface area contributed by atoms with Crippen molar-refractivity contribution in [3.63, 3.8) is 0 Å². The lowest BCUT2D eigenvalue weighted by molar-refractivity contribution is -0.122. The van der Waals surface area contributed by atoms with Crippen LogP contribution in [0.1, 0.15) is 32.2 Å². The first-order chi connectivity index (χ1) is 7.94. The van der Waals surface area contributed by atoms with Crippen LogP contribution >= 0.6 is 11.3 Å². The number of carbonyl (C=O) groups is 1.